The van der Waals surface area contributed by atoms with Gasteiger partial charge in [-0.2, -0.15) is 5.10 Å². The van der Waals surface area contributed by atoms with Crippen molar-refractivity contribution in [2.75, 3.05) is 5.32 Å². The van der Waals surface area contributed by atoms with Crippen molar-refractivity contribution in [1.82, 2.24) is 15.4 Å². The van der Waals surface area contributed by atoms with Crippen molar-refractivity contribution in [2.24, 2.45) is 0 Å². The van der Waals surface area contributed by atoms with Gasteiger partial charge in [0.15, 0.2) is 5.82 Å². The van der Waals surface area contributed by atoms with E-state index in [-0.39, 0.29) is 18.4 Å². The summed E-state index contributed by atoms with van der Waals surface area (Å²) in [7, 11) is 0. The van der Waals surface area contributed by atoms with Crippen molar-refractivity contribution >= 4 is 11.7 Å². The molecule has 1 aromatic carbocycles. The molecule has 1 amide bonds. The highest BCUT2D eigenvalue weighted by atomic mass is 16.5. The normalized spacial score (nSPS) is 19.1. The van der Waals surface area contributed by atoms with Crippen molar-refractivity contribution in [3.05, 3.63) is 59.6 Å². The summed E-state index contributed by atoms with van der Waals surface area (Å²) in [6, 6.07) is 13.5. The second-order valence-electron chi connectivity index (χ2n) is 6.93. The number of aryl methyl sites for hydroxylation is 1. The Morgan fingerprint density at radius 2 is 2.15 bits per heavy atom. The number of hydrogen-bond donors (Lipinski definition) is 2. The van der Waals surface area contributed by atoms with E-state index in [4.69, 9.17) is 9.26 Å². The molecule has 3 aromatic rings. The quantitative estimate of drug-likeness (QED) is 0.695. The largest absolute Gasteiger partial charge is 0.490 e. The van der Waals surface area contributed by atoms with E-state index in [2.05, 4.69) is 20.7 Å². The number of carbonyl (C=O) groups is 1. The summed E-state index contributed by atoms with van der Waals surface area (Å²) >= 11 is 0. The van der Waals surface area contributed by atoms with E-state index in [0.717, 1.165) is 36.4 Å². The first-order valence-corrected chi connectivity index (χ1v) is 9.15. The van der Waals surface area contributed by atoms with Crippen LogP contribution >= 0.6 is 0 Å². The number of nitrogens with zero attached hydrogens (tertiary/aromatic N) is 2. The second kappa shape index (κ2) is 7.65. The fourth-order valence-electron chi connectivity index (χ4n) is 3.48. The lowest BCUT2D eigenvalue weighted by atomic mass is 10.0. The van der Waals surface area contributed by atoms with Crippen LogP contribution in [0.5, 0.6) is 5.75 Å². The van der Waals surface area contributed by atoms with Gasteiger partial charge in [-0.05, 0) is 38.3 Å². The minimum absolute atomic E-state index is 0.138. The first-order valence-electron chi connectivity index (χ1n) is 9.15. The van der Waals surface area contributed by atoms with Crippen molar-refractivity contribution in [2.45, 2.75) is 44.6 Å². The molecule has 2 heterocycles. The highest BCUT2D eigenvalue weighted by molar-refractivity contribution is 5.91. The molecule has 1 aliphatic rings. The smallest absolute Gasteiger partial charge is 0.233 e. The van der Waals surface area contributed by atoms with Crippen LogP contribution in [-0.4, -0.2) is 27.4 Å². The number of ether oxygens (including phenoxy) is 1. The van der Waals surface area contributed by atoms with E-state index >= 15 is 0 Å². The Balaban J connectivity index is 1.31. The number of H-pyrrole nitrogens is 1. The van der Waals surface area contributed by atoms with E-state index < -0.39 is 0 Å². The third kappa shape index (κ3) is 4.36. The molecule has 2 N–H and O–H groups in total. The number of aromatic amines is 1. The second-order valence-corrected chi connectivity index (χ2v) is 6.93. The number of aromatic nitrogens is 3. The van der Waals surface area contributed by atoms with Crippen LogP contribution < -0.4 is 10.1 Å². The summed E-state index contributed by atoms with van der Waals surface area (Å²) in [5.74, 6) is 2.15. The van der Waals surface area contributed by atoms with Crippen molar-refractivity contribution < 1.29 is 14.1 Å². The number of anilines is 1. The van der Waals surface area contributed by atoms with Gasteiger partial charge in [-0.3, -0.25) is 9.89 Å². The van der Waals surface area contributed by atoms with Crippen LogP contribution in [-0.2, 0) is 11.2 Å². The molecule has 7 nitrogen and oxygen atoms in total. The van der Waals surface area contributed by atoms with Gasteiger partial charge in [-0.15, -0.1) is 0 Å². The SMILES string of the molecule is Cc1cc(CC(=O)Nc2cc([C@@H]3CC[C@H](Oc4ccccc4)C3)[nH]n2)on1. The molecule has 0 saturated heterocycles. The van der Waals surface area contributed by atoms with Gasteiger partial charge < -0.3 is 14.6 Å². The predicted molar refractivity (Wildman–Crippen MR) is 99.6 cm³/mol. The molecule has 1 fully saturated rings. The standard InChI is InChI=1S/C20H22N4O3/c1-13-9-17(27-24-13)11-20(25)21-19-12-18(22-23-19)14-7-8-16(10-14)26-15-5-3-2-4-6-15/h2-6,9,12,14,16H,7-8,10-11H2,1H3,(H2,21,22,23,25)/t14-,16+/m1/s1. The lowest BCUT2D eigenvalue weighted by Gasteiger charge is -2.13. The van der Waals surface area contributed by atoms with Crippen LogP contribution in [0.4, 0.5) is 5.82 Å². The molecule has 4 rings (SSSR count). The maximum atomic E-state index is 12.1. The monoisotopic (exact) mass is 366 g/mol. The van der Waals surface area contributed by atoms with E-state index in [9.17, 15) is 4.79 Å². The van der Waals surface area contributed by atoms with E-state index in [1.807, 2.05) is 43.3 Å². The molecule has 2 aromatic heterocycles. The topological polar surface area (TPSA) is 93.0 Å². The fourth-order valence-corrected chi connectivity index (χ4v) is 3.48. The number of nitrogens with one attached hydrogen (secondary N) is 2. The number of carbonyl (C=O) groups excluding carboxylic acids is 1. The molecule has 0 unspecified atom stereocenters. The summed E-state index contributed by atoms with van der Waals surface area (Å²) < 4.78 is 11.1. The highest BCUT2D eigenvalue weighted by Gasteiger charge is 2.28. The zero-order valence-electron chi connectivity index (χ0n) is 15.1. The highest BCUT2D eigenvalue weighted by Crippen LogP contribution is 2.36. The molecule has 2 atom stereocenters. The summed E-state index contributed by atoms with van der Waals surface area (Å²) in [6.07, 6.45) is 3.31. The summed E-state index contributed by atoms with van der Waals surface area (Å²) in [6.45, 7) is 1.82. The molecule has 0 spiro atoms. The molecule has 7 heteroatoms. The third-order valence-corrected chi connectivity index (χ3v) is 4.75. The number of amides is 1. The molecule has 0 radical (unpaired) electrons. The first-order chi connectivity index (χ1) is 13.2. The summed E-state index contributed by atoms with van der Waals surface area (Å²) in [5.41, 5.74) is 1.79. The minimum Gasteiger partial charge on any atom is -0.490 e. The Kier molecular flexibility index (Phi) is 4.91. The Labute approximate surface area is 157 Å². The zero-order valence-corrected chi connectivity index (χ0v) is 15.1. The summed E-state index contributed by atoms with van der Waals surface area (Å²) in [5, 5.41) is 13.8. The molecule has 1 saturated carbocycles. The Morgan fingerprint density at radius 3 is 2.93 bits per heavy atom. The Bertz CT molecular complexity index is 903. The number of rotatable bonds is 6. The van der Waals surface area contributed by atoms with Gasteiger partial charge in [0.05, 0.1) is 18.2 Å². The average molecular weight is 366 g/mol. The molecule has 140 valence electrons. The van der Waals surface area contributed by atoms with Crippen molar-refractivity contribution in [1.29, 1.82) is 0 Å². The fraction of sp³-hybridized carbons (Fsp3) is 0.350. The van der Waals surface area contributed by atoms with Gasteiger partial charge in [0.1, 0.15) is 11.5 Å². The number of hydrogen-bond acceptors (Lipinski definition) is 5. The Hall–Kier alpha value is -3.09. The maximum absolute atomic E-state index is 12.1. The zero-order chi connectivity index (χ0) is 18.6. The van der Waals surface area contributed by atoms with E-state index in [1.54, 1.807) is 6.07 Å². The lowest BCUT2D eigenvalue weighted by Crippen LogP contribution is -2.14. The van der Waals surface area contributed by atoms with Gasteiger partial charge in [0, 0.05) is 23.7 Å². The van der Waals surface area contributed by atoms with Gasteiger partial charge >= 0.3 is 0 Å². The van der Waals surface area contributed by atoms with Crippen LogP contribution in [0.15, 0.2) is 47.0 Å². The lowest BCUT2D eigenvalue weighted by molar-refractivity contribution is -0.115. The van der Waals surface area contributed by atoms with Gasteiger partial charge in [-0.1, -0.05) is 23.4 Å². The molecule has 1 aliphatic carbocycles. The average Bonchev–Trinajstić information content (AvgIpc) is 3.38. The predicted octanol–water partition coefficient (Wildman–Crippen LogP) is 3.60. The molecular weight excluding hydrogens is 344 g/mol. The molecule has 0 aliphatic heterocycles. The van der Waals surface area contributed by atoms with Gasteiger partial charge in [0.25, 0.3) is 0 Å². The number of benzene rings is 1. The van der Waals surface area contributed by atoms with Crippen LogP contribution in [0.3, 0.4) is 0 Å². The third-order valence-electron chi connectivity index (χ3n) is 4.75. The van der Waals surface area contributed by atoms with Gasteiger partial charge in [-0.25, -0.2) is 0 Å². The van der Waals surface area contributed by atoms with E-state index in [1.165, 1.54) is 0 Å². The van der Waals surface area contributed by atoms with E-state index in [0.29, 0.717) is 17.5 Å². The van der Waals surface area contributed by atoms with Crippen molar-refractivity contribution in [3.8, 4) is 5.75 Å². The van der Waals surface area contributed by atoms with Crippen LogP contribution in [0.25, 0.3) is 0 Å². The summed E-state index contributed by atoms with van der Waals surface area (Å²) in [4.78, 5) is 12.1. The molecule has 0 bridgehead atoms. The molecular formula is C20H22N4O3. The number of para-hydroxylation sites is 1. The van der Waals surface area contributed by atoms with Gasteiger partial charge in [0.2, 0.25) is 5.91 Å². The van der Waals surface area contributed by atoms with Crippen LogP contribution in [0.1, 0.15) is 42.3 Å². The molecule has 27 heavy (non-hydrogen) atoms. The first kappa shape index (κ1) is 17.3. The van der Waals surface area contributed by atoms with Crippen molar-refractivity contribution in [3.63, 3.8) is 0 Å². The minimum atomic E-state index is -0.180. The van der Waals surface area contributed by atoms with Crippen LogP contribution in [0.2, 0.25) is 0 Å². The maximum Gasteiger partial charge on any atom is 0.233 e. The Morgan fingerprint density at radius 1 is 1.30 bits per heavy atom. The van der Waals surface area contributed by atoms with Crippen LogP contribution in [0, 0.1) is 6.92 Å².